The largest absolute Gasteiger partial charge is 0.390 e. The number of aliphatic hydroxyl groups excluding tert-OH is 1. The summed E-state index contributed by atoms with van der Waals surface area (Å²) in [5.74, 6) is 0. The smallest absolute Gasteiger partial charge is 0.194 e. The van der Waals surface area contributed by atoms with E-state index in [1.165, 1.54) is 11.3 Å². The molecule has 0 aliphatic rings. The van der Waals surface area contributed by atoms with Crippen LogP contribution >= 0.6 is 22.9 Å². The fraction of sp³-hybridized carbons (Fsp3) is 0.154. The lowest BCUT2D eigenvalue weighted by molar-refractivity contribution is 0.276. The molecule has 1 aromatic carbocycles. The number of fused-ring (bicyclic) bond motifs is 1. The Labute approximate surface area is 113 Å². The minimum absolute atomic E-state index is 0.0581. The van der Waals surface area contributed by atoms with Crippen molar-refractivity contribution in [3.8, 4) is 11.3 Å². The minimum atomic E-state index is -0.0581. The highest BCUT2D eigenvalue weighted by Crippen LogP contribution is 2.32. The highest BCUT2D eigenvalue weighted by Gasteiger charge is 2.16. The van der Waals surface area contributed by atoms with Crippen LogP contribution in [0, 0.1) is 6.92 Å². The molecule has 18 heavy (non-hydrogen) atoms. The molecule has 0 aliphatic carbocycles. The summed E-state index contributed by atoms with van der Waals surface area (Å²) in [6.07, 6.45) is 1.91. The van der Waals surface area contributed by atoms with E-state index < -0.39 is 0 Å². The van der Waals surface area contributed by atoms with Crippen LogP contribution in [0.4, 0.5) is 0 Å². The predicted octanol–water partition coefficient (Wildman–Crippen LogP) is 3.52. The number of nitrogens with zero attached hydrogens (tertiary/aromatic N) is 2. The lowest BCUT2D eigenvalue weighted by Gasteiger charge is -2.04. The van der Waals surface area contributed by atoms with Crippen LogP contribution in [0.1, 0.15) is 11.3 Å². The number of benzene rings is 1. The summed E-state index contributed by atoms with van der Waals surface area (Å²) in [6, 6.07) is 5.85. The maximum Gasteiger partial charge on any atom is 0.194 e. The second kappa shape index (κ2) is 4.39. The molecule has 0 saturated heterocycles. The topological polar surface area (TPSA) is 37.5 Å². The van der Waals surface area contributed by atoms with Crippen LogP contribution in [0.5, 0.6) is 0 Å². The molecule has 0 bridgehead atoms. The van der Waals surface area contributed by atoms with Crippen LogP contribution < -0.4 is 0 Å². The summed E-state index contributed by atoms with van der Waals surface area (Å²) in [7, 11) is 0. The van der Waals surface area contributed by atoms with Crippen LogP contribution in [0.2, 0.25) is 5.02 Å². The lowest BCUT2D eigenvalue weighted by atomic mass is 10.1. The Hall–Kier alpha value is -1.36. The van der Waals surface area contributed by atoms with Crippen LogP contribution in [0.15, 0.2) is 29.8 Å². The molecule has 0 aliphatic heterocycles. The van der Waals surface area contributed by atoms with Crippen LogP contribution in [0.3, 0.4) is 0 Å². The van der Waals surface area contributed by atoms with Gasteiger partial charge in [-0.1, -0.05) is 23.7 Å². The van der Waals surface area contributed by atoms with Gasteiger partial charge in [-0.3, -0.25) is 4.40 Å². The first-order chi connectivity index (χ1) is 8.70. The molecule has 3 nitrogen and oxygen atoms in total. The van der Waals surface area contributed by atoms with Gasteiger partial charge in [0.15, 0.2) is 4.96 Å². The van der Waals surface area contributed by atoms with Gasteiger partial charge in [0.25, 0.3) is 0 Å². The fourth-order valence-electron chi connectivity index (χ4n) is 2.01. The number of aliphatic hydroxyl groups is 1. The SMILES string of the molecule is Cc1ccc(-c2nc3sccn3c2CO)c(Cl)c1. The molecule has 0 spiro atoms. The summed E-state index contributed by atoms with van der Waals surface area (Å²) >= 11 is 7.80. The maximum absolute atomic E-state index is 9.53. The number of halogens is 1. The first-order valence-corrected chi connectivity index (χ1v) is 6.78. The highest BCUT2D eigenvalue weighted by molar-refractivity contribution is 7.15. The first-order valence-electron chi connectivity index (χ1n) is 5.52. The average Bonchev–Trinajstić information content (AvgIpc) is 2.88. The predicted molar refractivity (Wildman–Crippen MR) is 74.2 cm³/mol. The number of hydrogen-bond donors (Lipinski definition) is 1. The molecular weight excluding hydrogens is 268 g/mol. The second-order valence-electron chi connectivity index (χ2n) is 4.10. The summed E-state index contributed by atoms with van der Waals surface area (Å²) in [6.45, 7) is 1.94. The fourth-order valence-corrected chi connectivity index (χ4v) is 3.07. The van der Waals surface area contributed by atoms with Crippen molar-refractivity contribution in [1.82, 2.24) is 9.38 Å². The van der Waals surface area contributed by atoms with Crippen LogP contribution in [-0.4, -0.2) is 14.5 Å². The third-order valence-corrected chi connectivity index (χ3v) is 3.96. The molecular formula is C13H11ClN2OS. The van der Waals surface area contributed by atoms with Crippen molar-refractivity contribution >= 4 is 27.9 Å². The zero-order valence-corrected chi connectivity index (χ0v) is 11.3. The lowest BCUT2D eigenvalue weighted by Crippen LogP contribution is -1.92. The van der Waals surface area contributed by atoms with E-state index in [2.05, 4.69) is 4.98 Å². The number of hydrogen-bond acceptors (Lipinski definition) is 3. The Kier molecular flexibility index (Phi) is 2.86. The van der Waals surface area contributed by atoms with E-state index in [1.54, 1.807) is 0 Å². The molecule has 5 heteroatoms. The normalized spacial score (nSPS) is 11.3. The second-order valence-corrected chi connectivity index (χ2v) is 5.38. The van der Waals surface area contributed by atoms with Crippen molar-refractivity contribution in [2.75, 3.05) is 0 Å². The quantitative estimate of drug-likeness (QED) is 0.779. The Morgan fingerprint density at radius 3 is 3.00 bits per heavy atom. The van der Waals surface area contributed by atoms with Gasteiger partial charge in [-0.05, 0) is 18.6 Å². The van der Waals surface area contributed by atoms with Crippen molar-refractivity contribution in [2.24, 2.45) is 0 Å². The van der Waals surface area contributed by atoms with Gasteiger partial charge in [0.05, 0.1) is 23.0 Å². The average molecular weight is 279 g/mol. The molecule has 1 N–H and O–H groups in total. The number of thiazole rings is 1. The maximum atomic E-state index is 9.53. The summed E-state index contributed by atoms with van der Waals surface area (Å²) < 4.78 is 1.90. The van der Waals surface area contributed by atoms with Crippen molar-refractivity contribution in [3.63, 3.8) is 0 Å². The molecule has 0 radical (unpaired) electrons. The summed E-state index contributed by atoms with van der Waals surface area (Å²) in [5, 5.41) is 12.1. The van der Waals surface area contributed by atoms with E-state index in [1.807, 2.05) is 41.1 Å². The molecule has 0 atom stereocenters. The Morgan fingerprint density at radius 1 is 1.44 bits per heavy atom. The molecule has 3 aromatic rings. The summed E-state index contributed by atoms with van der Waals surface area (Å²) in [4.78, 5) is 5.41. The van der Waals surface area contributed by atoms with Gasteiger partial charge in [-0.25, -0.2) is 4.98 Å². The van der Waals surface area contributed by atoms with Gasteiger partial charge in [0.1, 0.15) is 0 Å². The molecule has 0 amide bonds. The van der Waals surface area contributed by atoms with Gasteiger partial charge in [0.2, 0.25) is 0 Å². The number of aryl methyl sites for hydroxylation is 1. The minimum Gasteiger partial charge on any atom is -0.390 e. The monoisotopic (exact) mass is 278 g/mol. The third kappa shape index (κ3) is 1.73. The molecule has 2 aromatic heterocycles. The highest BCUT2D eigenvalue weighted by atomic mass is 35.5. The zero-order valence-electron chi connectivity index (χ0n) is 9.72. The third-order valence-electron chi connectivity index (χ3n) is 2.89. The molecule has 0 saturated carbocycles. The Bertz CT molecular complexity index is 717. The van der Waals surface area contributed by atoms with Gasteiger partial charge in [-0.2, -0.15) is 0 Å². The van der Waals surface area contributed by atoms with Crippen molar-refractivity contribution < 1.29 is 5.11 Å². The van der Waals surface area contributed by atoms with E-state index in [-0.39, 0.29) is 6.61 Å². The number of aromatic nitrogens is 2. The Balaban J connectivity index is 2.27. The van der Waals surface area contributed by atoms with E-state index in [0.717, 1.165) is 27.5 Å². The zero-order chi connectivity index (χ0) is 12.7. The van der Waals surface area contributed by atoms with E-state index in [9.17, 15) is 5.11 Å². The van der Waals surface area contributed by atoms with Gasteiger partial charge in [0, 0.05) is 17.1 Å². The van der Waals surface area contributed by atoms with Gasteiger partial charge >= 0.3 is 0 Å². The molecule has 0 fully saturated rings. The van der Waals surface area contributed by atoms with Crippen molar-refractivity contribution in [1.29, 1.82) is 0 Å². The molecule has 92 valence electrons. The van der Waals surface area contributed by atoms with Gasteiger partial charge in [-0.15, -0.1) is 11.3 Å². The van der Waals surface area contributed by atoms with Crippen molar-refractivity contribution in [2.45, 2.75) is 13.5 Å². The van der Waals surface area contributed by atoms with E-state index in [0.29, 0.717) is 5.02 Å². The first kappa shape index (κ1) is 11.7. The Morgan fingerprint density at radius 2 is 2.28 bits per heavy atom. The van der Waals surface area contributed by atoms with E-state index in [4.69, 9.17) is 11.6 Å². The number of imidazole rings is 1. The molecule has 3 rings (SSSR count). The standard InChI is InChI=1S/C13H11ClN2OS/c1-8-2-3-9(10(14)6-8)12-11(7-17)16-4-5-18-13(16)15-12/h2-6,17H,7H2,1H3. The van der Waals surface area contributed by atoms with E-state index >= 15 is 0 Å². The van der Waals surface area contributed by atoms with Crippen LogP contribution in [-0.2, 0) is 6.61 Å². The summed E-state index contributed by atoms with van der Waals surface area (Å²) in [5.41, 5.74) is 3.50. The van der Waals surface area contributed by atoms with Crippen molar-refractivity contribution in [3.05, 3.63) is 46.1 Å². The van der Waals surface area contributed by atoms with Gasteiger partial charge < -0.3 is 5.11 Å². The molecule has 2 heterocycles. The number of rotatable bonds is 2. The molecule has 0 unspecified atom stereocenters. The van der Waals surface area contributed by atoms with Crippen LogP contribution in [0.25, 0.3) is 16.2 Å².